The number of nitrogens with one attached hydrogen (secondary N) is 1. The molecule has 0 heterocycles. The van der Waals surface area contributed by atoms with E-state index in [1.165, 1.54) is 12.1 Å². The van der Waals surface area contributed by atoms with E-state index in [9.17, 15) is 19.5 Å². The molecule has 0 aliphatic heterocycles. The normalized spacial score (nSPS) is 12.8. The molecule has 8 heteroatoms. The molecule has 2 aromatic rings. The van der Waals surface area contributed by atoms with Crippen molar-refractivity contribution in [2.75, 3.05) is 19.6 Å². The molecule has 202 valence electrons. The fraction of sp³-hybridized carbons (Fsp3) is 0.483. The van der Waals surface area contributed by atoms with Crippen LogP contribution in [0.5, 0.6) is 0 Å². The van der Waals surface area contributed by atoms with Crippen molar-refractivity contribution in [1.29, 1.82) is 0 Å². The second-order valence-corrected chi connectivity index (χ2v) is 9.93. The number of amides is 3. The van der Waals surface area contributed by atoms with Crippen molar-refractivity contribution in [2.45, 2.75) is 65.5 Å². The zero-order valence-corrected chi connectivity index (χ0v) is 22.5. The summed E-state index contributed by atoms with van der Waals surface area (Å²) in [4.78, 5) is 40.3. The number of nitrogens with two attached hydrogens (primary N) is 2. The van der Waals surface area contributed by atoms with Crippen molar-refractivity contribution in [3.63, 3.8) is 0 Å². The van der Waals surface area contributed by atoms with Crippen LogP contribution in [0.15, 0.2) is 42.5 Å². The van der Waals surface area contributed by atoms with Crippen LogP contribution in [0.1, 0.15) is 95.1 Å². The van der Waals surface area contributed by atoms with Crippen molar-refractivity contribution >= 4 is 17.7 Å². The maximum atomic E-state index is 13.8. The first-order chi connectivity index (χ1) is 17.6. The zero-order valence-electron chi connectivity index (χ0n) is 22.5. The van der Waals surface area contributed by atoms with E-state index in [0.29, 0.717) is 31.6 Å². The molecule has 8 nitrogen and oxygen atoms in total. The topological polar surface area (TPSA) is 139 Å². The summed E-state index contributed by atoms with van der Waals surface area (Å²) in [6, 6.07) is 12.6. The molecule has 2 rings (SSSR count). The lowest BCUT2D eigenvalue weighted by atomic mass is 9.79. The lowest BCUT2D eigenvalue weighted by molar-refractivity contribution is 0.0750. The Morgan fingerprint density at radius 2 is 1.54 bits per heavy atom. The standard InChI is InChI=1S/C29H42N4O4/c1-5-12-33(13-6-2)29(37)24-16-21(27(30)35)15-23(28(31)36)26(24)22(14-19(3)4)25(34)18-32-17-20-10-8-7-9-11-20/h7-11,15-16,19,22,25,32,34H,5-6,12-14,17-18H2,1-4H3,(H2,30,35)(H2,31,36)/t22-,25+/m1/s1. The van der Waals surface area contributed by atoms with E-state index >= 15 is 0 Å². The number of nitrogens with zero attached hydrogens (tertiary/aromatic N) is 1. The van der Waals surface area contributed by atoms with Crippen molar-refractivity contribution in [3.8, 4) is 0 Å². The summed E-state index contributed by atoms with van der Waals surface area (Å²) in [5.74, 6) is -2.26. The van der Waals surface area contributed by atoms with Crippen LogP contribution in [-0.4, -0.2) is 53.5 Å². The van der Waals surface area contributed by atoms with Gasteiger partial charge >= 0.3 is 0 Å². The molecule has 3 amide bonds. The predicted octanol–water partition coefficient (Wildman–Crippen LogP) is 3.43. The van der Waals surface area contributed by atoms with Crippen LogP contribution in [0.25, 0.3) is 0 Å². The average molecular weight is 511 g/mol. The smallest absolute Gasteiger partial charge is 0.254 e. The third-order valence-electron chi connectivity index (χ3n) is 6.32. The Morgan fingerprint density at radius 1 is 0.946 bits per heavy atom. The molecule has 6 N–H and O–H groups in total. The van der Waals surface area contributed by atoms with Gasteiger partial charge in [-0.15, -0.1) is 0 Å². The van der Waals surface area contributed by atoms with Crippen LogP contribution in [-0.2, 0) is 6.54 Å². The molecule has 2 atom stereocenters. The molecular weight excluding hydrogens is 468 g/mol. The van der Waals surface area contributed by atoms with Crippen molar-refractivity contribution in [2.24, 2.45) is 17.4 Å². The van der Waals surface area contributed by atoms with Gasteiger partial charge in [0.15, 0.2) is 0 Å². The van der Waals surface area contributed by atoms with Crippen LogP contribution in [0.2, 0.25) is 0 Å². The number of carbonyl (C=O) groups excluding carboxylic acids is 3. The summed E-state index contributed by atoms with van der Waals surface area (Å²) < 4.78 is 0. The first-order valence-corrected chi connectivity index (χ1v) is 13.1. The lowest BCUT2D eigenvalue weighted by Crippen LogP contribution is -2.37. The van der Waals surface area contributed by atoms with Crippen LogP contribution < -0.4 is 16.8 Å². The van der Waals surface area contributed by atoms with Gasteiger partial charge < -0.3 is 26.8 Å². The maximum absolute atomic E-state index is 13.8. The summed E-state index contributed by atoms with van der Waals surface area (Å²) in [7, 11) is 0. The summed E-state index contributed by atoms with van der Waals surface area (Å²) in [6.07, 6.45) is 1.09. The number of benzene rings is 2. The first-order valence-electron chi connectivity index (χ1n) is 13.1. The molecule has 0 aliphatic carbocycles. The van der Waals surface area contributed by atoms with Gasteiger partial charge in [-0.25, -0.2) is 0 Å². The molecule has 0 spiro atoms. The van der Waals surface area contributed by atoms with Gasteiger partial charge in [-0.05, 0) is 48.4 Å². The molecule has 0 unspecified atom stereocenters. The molecule has 0 aliphatic rings. The quantitative estimate of drug-likeness (QED) is 0.291. The van der Waals surface area contributed by atoms with E-state index in [1.807, 2.05) is 58.0 Å². The fourth-order valence-corrected chi connectivity index (χ4v) is 4.68. The number of primary amides is 2. The summed E-state index contributed by atoms with van der Waals surface area (Å²) in [5.41, 5.74) is 13.1. The zero-order chi connectivity index (χ0) is 27.5. The molecule has 0 bridgehead atoms. The second-order valence-electron chi connectivity index (χ2n) is 9.93. The Kier molecular flexibility index (Phi) is 11.8. The largest absolute Gasteiger partial charge is 0.391 e. The number of hydrogen-bond donors (Lipinski definition) is 4. The van der Waals surface area contributed by atoms with Gasteiger partial charge in [0, 0.05) is 48.8 Å². The number of hydrogen-bond acceptors (Lipinski definition) is 5. The summed E-state index contributed by atoms with van der Waals surface area (Å²) in [5, 5.41) is 14.7. The van der Waals surface area contributed by atoms with Gasteiger partial charge in [-0.3, -0.25) is 14.4 Å². The highest BCUT2D eigenvalue weighted by Gasteiger charge is 2.33. The van der Waals surface area contributed by atoms with Crippen molar-refractivity contribution < 1.29 is 19.5 Å². The van der Waals surface area contributed by atoms with Gasteiger partial charge in [-0.1, -0.05) is 58.0 Å². The van der Waals surface area contributed by atoms with Gasteiger partial charge in [0.1, 0.15) is 0 Å². The summed E-state index contributed by atoms with van der Waals surface area (Å²) in [6.45, 7) is 9.83. The van der Waals surface area contributed by atoms with Crippen LogP contribution in [0.3, 0.4) is 0 Å². The molecular formula is C29H42N4O4. The SMILES string of the molecule is CCCN(CCC)C(=O)c1cc(C(N)=O)cc(C(N)=O)c1[C@H](CC(C)C)[C@@H](O)CNCc1ccccc1. The minimum Gasteiger partial charge on any atom is -0.391 e. The molecule has 0 radical (unpaired) electrons. The van der Waals surface area contributed by atoms with Crippen molar-refractivity contribution in [1.82, 2.24) is 10.2 Å². The highest BCUT2D eigenvalue weighted by atomic mass is 16.3. The van der Waals surface area contributed by atoms with Gasteiger partial charge in [0.2, 0.25) is 11.8 Å². The van der Waals surface area contributed by atoms with E-state index in [-0.39, 0.29) is 35.1 Å². The molecule has 0 saturated carbocycles. The molecule has 0 saturated heterocycles. The average Bonchev–Trinajstić information content (AvgIpc) is 2.86. The highest BCUT2D eigenvalue weighted by molar-refractivity contribution is 6.06. The molecule has 0 aromatic heterocycles. The van der Waals surface area contributed by atoms with Gasteiger partial charge in [0.05, 0.1) is 6.10 Å². The Labute approximate surface area is 220 Å². The van der Waals surface area contributed by atoms with Crippen LogP contribution >= 0.6 is 0 Å². The van der Waals surface area contributed by atoms with Gasteiger partial charge in [0.25, 0.3) is 5.91 Å². The highest BCUT2D eigenvalue weighted by Crippen LogP contribution is 2.34. The lowest BCUT2D eigenvalue weighted by Gasteiger charge is -2.31. The monoisotopic (exact) mass is 510 g/mol. The summed E-state index contributed by atoms with van der Waals surface area (Å²) >= 11 is 0. The minimum atomic E-state index is -0.916. The third-order valence-corrected chi connectivity index (χ3v) is 6.32. The van der Waals surface area contributed by atoms with E-state index in [1.54, 1.807) is 4.90 Å². The Hall–Kier alpha value is -3.23. The van der Waals surface area contributed by atoms with Crippen LogP contribution in [0, 0.1) is 5.92 Å². The van der Waals surface area contributed by atoms with E-state index in [0.717, 1.165) is 18.4 Å². The maximum Gasteiger partial charge on any atom is 0.254 e. The molecule has 37 heavy (non-hydrogen) atoms. The van der Waals surface area contributed by atoms with Crippen LogP contribution in [0.4, 0.5) is 0 Å². The van der Waals surface area contributed by atoms with Crippen molar-refractivity contribution in [3.05, 3.63) is 70.3 Å². The first kappa shape index (κ1) is 30.0. The Balaban J connectivity index is 2.60. The Morgan fingerprint density at radius 3 is 2.05 bits per heavy atom. The van der Waals surface area contributed by atoms with E-state index in [2.05, 4.69) is 5.32 Å². The fourth-order valence-electron chi connectivity index (χ4n) is 4.68. The minimum absolute atomic E-state index is 0.0360. The molecule has 2 aromatic carbocycles. The number of aliphatic hydroxyl groups is 1. The number of carbonyl (C=O) groups is 3. The number of rotatable bonds is 15. The predicted molar refractivity (Wildman–Crippen MR) is 146 cm³/mol. The number of aliphatic hydroxyl groups excluding tert-OH is 1. The second kappa shape index (κ2) is 14.5. The van der Waals surface area contributed by atoms with E-state index in [4.69, 9.17) is 11.5 Å². The third kappa shape index (κ3) is 8.40. The van der Waals surface area contributed by atoms with Gasteiger partial charge in [-0.2, -0.15) is 0 Å². The molecule has 0 fully saturated rings. The van der Waals surface area contributed by atoms with E-state index < -0.39 is 23.8 Å². The Bertz CT molecular complexity index is 1050.